The highest BCUT2D eigenvalue weighted by Crippen LogP contribution is 2.29. The topological polar surface area (TPSA) is 7.68 Å². The molecule has 1 aliphatic rings. The van der Waals surface area contributed by atoms with Crippen LogP contribution < -0.4 is 9.80 Å². The van der Waals surface area contributed by atoms with E-state index >= 15 is 0 Å². The van der Waals surface area contributed by atoms with Gasteiger partial charge in [-0.05, 0) is 36.4 Å². The van der Waals surface area contributed by atoms with E-state index in [1.54, 1.807) is 6.07 Å². The van der Waals surface area contributed by atoms with E-state index in [2.05, 4.69) is 4.90 Å². The molecule has 0 atom stereocenters. The Morgan fingerprint density at radius 3 is 2.29 bits per heavy atom. The summed E-state index contributed by atoms with van der Waals surface area (Å²) < 4.78 is 38.4. The van der Waals surface area contributed by atoms with Gasteiger partial charge in [0.05, 0.1) is 31.7 Å². The number of benzene rings is 2. The fourth-order valence-corrected chi connectivity index (χ4v) is 3.18. The molecule has 24 heavy (non-hydrogen) atoms. The highest BCUT2D eigenvalue weighted by Gasteiger charge is 2.30. The van der Waals surface area contributed by atoms with Crippen LogP contribution in [0.4, 0.5) is 18.9 Å². The SMILES string of the molecule is FC(F)(F)c1cccc(C[NH+]2CCN(c3ccc(Cl)cc3)CC2)c1. The summed E-state index contributed by atoms with van der Waals surface area (Å²) in [7, 11) is 0. The third-order valence-corrected chi connectivity index (χ3v) is 4.62. The van der Waals surface area contributed by atoms with Crippen LogP contribution in [0.1, 0.15) is 11.1 Å². The largest absolute Gasteiger partial charge is 0.416 e. The summed E-state index contributed by atoms with van der Waals surface area (Å²) >= 11 is 5.91. The van der Waals surface area contributed by atoms with Crippen LogP contribution in [0.2, 0.25) is 5.02 Å². The zero-order valence-electron chi connectivity index (χ0n) is 13.1. The number of hydrogen-bond acceptors (Lipinski definition) is 1. The maximum Gasteiger partial charge on any atom is 0.416 e. The molecule has 2 nitrogen and oxygen atoms in total. The molecule has 0 aliphatic carbocycles. The van der Waals surface area contributed by atoms with E-state index in [0.717, 1.165) is 43.5 Å². The van der Waals surface area contributed by atoms with Gasteiger partial charge in [0, 0.05) is 16.3 Å². The summed E-state index contributed by atoms with van der Waals surface area (Å²) in [6.45, 7) is 4.20. The fourth-order valence-electron chi connectivity index (χ4n) is 3.06. The number of rotatable bonds is 3. The van der Waals surface area contributed by atoms with Gasteiger partial charge in [-0.15, -0.1) is 0 Å². The number of halogens is 4. The molecule has 2 aromatic carbocycles. The van der Waals surface area contributed by atoms with Gasteiger partial charge in [-0.3, -0.25) is 0 Å². The normalized spacial score (nSPS) is 16.4. The highest BCUT2D eigenvalue weighted by atomic mass is 35.5. The van der Waals surface area contributed by atoms with Crippen molar-refractivity contribution >= 4 is 17.3 Å². The number of anilines is 1. The van der Waals surface area contributed by atoms with Gasteiger partial charge in [0.2, 0.25) is 0 Å². The van der Waals surface area contributed by atoms with E-state index in [0.29, 0.717) is 11.6 Å². The fraction of sp³-hybridized carbons (Fsp3) is 0.333. The standard InChI is InChI=1S/C18H18ClF3N2/c19-16-4-6-17(7-5-16)24-10-8-23(9-11-24)13-14-2-1-3-15(12-14)18(20,21)22/h1-7,12H,8-11,13H2/p+1. The number of nitrogens with zero attached hydrogens (tertiary/aromatic N) is 1. The van der Waals surface area contributed by atoms with Crippen molar-refractivity contribution in [3.8, 4) is 0 Å². The number of quaternary nitrogens is 1. The summed E-state index contributed by atoms with van der Waals surface area (Å²) in [6, 6.07) is 13.4. The predicted octanol–water partition coefficient (Wildman–Crippen LogP) is 3.26. The molecule has 0 unspecified atom stereocenters. The van der Waals surface area contributed by atoms with E-state index in [1.807, 2.05) is 24.3 Å². The average Bonchev–Trinajstić information content (AvgIpc) is 2.56. The molecule has 128 valence electrons. The van der Waals surface area contributed by atoms with Gasteiger partial charge in [-0.25, -0.2) is 0 Å². The Kier molecular flexibility index (Phi) is 5.01. The lowest BCUT2D eigenvalue weighted by molar-refractivity contribution is -0.914. The summed E-state index contributed by atoms with van der Waals surface area (Å²) in [6.07, 6.45) is -4.28. The molecule has 1 fully saturated rings. The van der Waals surface area contributed by atoms with E-state index in [9.17, 15) is 13.2 Å². The maximum absolute atomic E-state index is 12.8. The first kappa shape index (κ1) is 17.1. The zero-order valence-corrected chi connectivity index (χ0v) is 13.9. The van der Waals surface area contributed by atoms with Crippen LogP contribution >= 0.6 is 11.6 Å². The molecule has 0 radical (unpaired) electrons. The van der Waals surface area contributed by atoms with Crippen LogP contribution in [-0.2, 0) is 12.7 Å². The smallest absolute Gasteiger partial charge is 0.360 e. The van der Waals surface area contributed by atoms with Crippen molar-refractivity contribution in [2.75, 3.05) is 31.1 Å². The van der Waals surface area contributed by atoms with Crippen molar-refractivity contribution in [2.45, 2.75) is 12.7 Å². The van der Waals surface area contributed by atoms with Crippen LogP contribution in [0.3, 0.4) is 0 Å². The summed E-state index contributed by atoms with van der Waals surface area (Å²) in [5, 5.41) is 0.715. The van der Waals surface area contributed by atoms with Gasteiger partial charge in [0.25, 0.3) is 0 Å². The van der Waals surface area contributed by atoms with Crippen LogP contribution in [-0.4, -0.2) is 26.2 Å². The van der Waals surface area contributed by atoms with Crippen molar-refractivity contribution in [3.05, 3.63) is 64.7 Å². The molecule has 3 rings (SSSR count). The zero-order chi connectivity index (χ0) is 17.2. The Bertz CT molecular complexity index is 677. The van der Waals surface area contributed by atoms with Gasteiger partial charge in [0.1, 0.15) is 6.54 Å². The third kappa shape index (κ3) is 4.22. The lowest BCUT2D eigenvalue weighted by Crippen LogP contribution is -3.13. The second kappa shape index (κ2) is 7.03. The Labute approximate surface area is 144 Å². The Morgan fingerprint density at radius 1 is 1.00 bits per heavy atom. The van der Waals surface area contributed by atoms with Crippen molar-refractivity contribution < 1.29 is 18.1 Å². The number of nitrogens with one attached hydrogen (secondary N) is 1. The summed E-state index contributed by atoms with van der Waals surface area (Å²) in [4.78, 5) is 3.59. The lowest BCUT2D eigenvalue weighted by atomic mass is 10.1. The molecule has 0 saturated carbocycles. The molecule has 0 aromatic heterocycles. The quantitative estimate of drug-likeness (QED) is 0.888. The molecule has 1 N–H and O–H groups in total. The predicted molar refractivity (Wildman–Crippen MR) is 89.5 cm³/mol. The average molecular weight is 356 g/mol. The lowest BCUT2D eigenvalue weighted by Gasteiger charge is -2.33. The van der Waals surface area contributed by atoms with Crippen molar-refractivity contribution in [3.63, 3.8) is 0 Å². The van der Waals surface area contributed by atoms with E-state index in [1.165, 1.54) is 17.0 Å². The first-order chi connectivity index (χ1) is 11.4. The van der Waals surface area contributed by atoms with Crippen LogP contribution in [0.25, 0.3) is 0 Å². The molecule has 0 bridgehead atoms. The molecular weight excluding hydrogens is 337 g/mol. The van der Waals surface area contributed by atoms with Gasteiger partial charge >= 0.3 is 6.18 Å². The molecule has 0 amide bonds. The summed E-state index contributed by atoms with van der Waals surface area (Å²) in [5.41, 5.74) is 1.30. The maximum atomic E-state index is 12.8. The third-order valence-electron chi connectivity index (χ3n) is 4.37. The molecule has 6 heteroatoms. The number of hydrogen-bond donors (Lipinski definition) is 1. The van der Waals surface area contributed by atoms with Gasteiger partial charge in [-0.2, -0.15) is 13.2 Å². The number of piperazine rings is 1. The van der Waals surface area contributed by atoms with Crippen LogP contribution in [0.15, 0.2) is 48.5 Å². The highest BCUT2D eigenvalue weighted by molar-refractivity contribution is 6.30. The van der Waals surface area contributed by atoms with Crippen molar-refractivity contribution in [1.82, 2.24) is 0 Å². The molecule has 1 saturated heterocycles. The minimum absolute atomic E-state index is 0.570. The van der Waals surface area contributed by atoms with Gasteiger partial charge < -0.3 is 9.80 Å². The minimum atomic E-state index is -4.28. The minimum Gasteiger partial charge on any atom is -0.360 e. The van der Waals surface area contributed by atoms with Crippen LogP contribution in [0.5, 0.6) is 0 Å². The summed E-state index contributed by atoms with van der Waals surface area (Å²) in [5.74, 6) is 0. The Morgan fingerprint density at radius 2 is 1.67 bits per heavy atom. The first-order valence-corrected chi connectivity index (χ1v) is 8.30. The van der Waals surface area contributed by atoms with Gasteiger partial charge in [-0.1, -0.05) is 23.7 Å². The molecule has 1 heterocycles. The van der Waals surface area contributed by atoms with E-state index < -0.39 is 11.7 Å². The second-order valence-corrected chi connectivity index (χ2v) is 6.52. The van der Waals surface area contributed by atoms with E-state index in [-0.39, 0.29) is 0 Å². The van der Waals surface area contributed by atoms with Crippen LogP contribution in [0, 0.1) is 0 Å². The van der Waals surface area contributed by atoms with E-state index in [4.69, 9.17) is 11.6 Å². The molecule has 2 aromatic rings. The number of alkyl halides is 3. The van der Waals surface area contributed by atoms with Crippen molar-refractivity contribution in [2.24, 2.45) is 0 Å². The monoisotopic (exact) mass is 355 g/mol. The second-order valence-electron chi connectivity index (χ2n) is 6.09. The molecule has 1 aliphatic heterocycles. The first-order valence-electron chi connectivity index (χ1n) is 7.92. The Hall–Kier alpha value is -1.72. The van der Waals surface area contributed by atoms with Gasteiger partial charge in [0.15, 0.2) is 0 Å². The van der Waals surface area contributed by atoms with Crippen molar-refractivity contribution in [1.29, 1.82) is 0 Å². The molecule has 0 spiro atoms. The Balaban J connectivity index is 1.58. The molecular formula is C18H19ClF3N2+.